The molecule has 1 saturated heterocycles. The van der Waals surface area contributed by atoms with Gasteiger partial charge in [0.05, 0.1) is 5.41 Å². The maximum absolute atomic E-state index is 12.8. The lowest BCUT2D eigenvalue weighted by Gasteiger charge is -2.38. The lowest BCUT2D eigenvalue weighted by Crippen LogP contribution is -2.49. The number of likely N-dealkylation sites (N-methyl/N-ethyl adjacent to an activating group) is 1. The number of hydrogen-bond donors (Lipinski definition) is 1. The molecule has 1 amide bonds. The van der Waals surface area contributed by atoms with Gasteiger partial charge in [-0.2, -0.15) is 0 Å². The standard InChI is InChI=1S/C40H44N2O5/c1-4-36(31-13-9-6-10-14-31)37(33-17-21-35(22-18-33)46-28-27-41(2)3)32-15-19-34(20-16-32)40(38(43)44)23-25-42(26-24-40)39(45)47-29-30-11-7-5-8-12-30/h5-22H,4,23-29H2,1-3H3,(H,43,44)/b37-36-. The summed E-state index contributed by atoms with van der Waals surface area (Å²) in [7, 11) is 4.05. The number of carboxylic acid groups (broad SMARTS) is 1. The van der Waals surface area contributed by atoms with Gasteiger partial charge in [-0.3, -0.25) is 4.79 Å². The van der Waals surface area contributed by atoms with Gasteiger partial charge < -0.3 is 24.4 Å². The Kier molecular flexibility index (Phi) is 11.1. The number of allylic oxidation sites excluding steroid dienone is 1. The summed E-state index contributed by atoms with van der Waals surface area (Å²) in [6.45, 7) is 4.41. The zero-order chi connectivity index (χ0) is 33.2. The van der Waals surface area contributed by atoms with Gasteiger partial charge in [0.25, 0.3) is 0 Å². The van der Waals surface area contributed by atoms with Crippen molar-refractivity contribution in [3.8, 4) is 5.75 Å². The monoisotopic (exact) mass is 632 g/mol. The number of aliphatic carboxylic acids is 1. The van der Waals surface area contributed by atoms with E-state index in [9.17, 15) is 14.7 Å². The van der Waals surface area contributed by atoms with Gasteiger partial charge in [-0.05, 0) is 84.5 Å². The van der Waals surface area contributed by atoms with E-state index in [2.05, 4.69) is 36.1 Å². The molecule has 0 aromatic heterocycles. The molecular formula is C40H44N2O5. The Morgan fingerprint density at radius 2 is 1.36 bits per heavy atom. The van der Waals surface area contributed by atoms with Crippen LogP contribution in [0, 0.1) is 0 Å². The van der Waals surface area contributed by atoms with E-state index in [1.807, 2.05) is 99.0 Å². The van der Waals surface area contributed by atoms with Crippen molar-refractivity contribution in [3.05, 3.63) is 137 Å². The maximum Gasteiger partial charge on any atom is 0.410 e. The molecule has 7 nitrogen and oxygen atoms in total. The summed E-state index contributed by atoms with van der Waals surface area (Å²) in [6.07, 6.45) is 1.02. The molecule has 1 fully saturated rings. The van der Waals surface area contributed by atoms with Crippen molar-refractivity contribution in [3.63, 3.8) is 0 Å². The minimum absolute atomic E-state index is 0.187. The third-order valence-corrected chi connectivity index (χ3v) is 8.94. The summed E-state index contributed by atoms with van der Waals surface area (Å²) < 4.78 is 11.5. The molecule has 7 heteroatoms. The van der Waals surface area contributed by atoms with Gasteiger partial charge in [0.15, 0.2) is 0 Å². The predicted octanol–water partition coefficient (Wildman–Crippen LogP) is 7.75. The zero-order valence-electron chi connectivity index (χ0n) is 27.5. The van der Waals surface area contributed by atoms with Crippen LogP contribution in [0.1, 0.15) is 54.0 Å². The summed E-state index contributed by atoms with van der Waals surface area (Å²) >= 11 is 0. The summed E-state index contributed by atoms with van der Waals surface area (Å²) in [5.74, 6) is -0.0524. The van der Waals surface area contributed by atoms with Gasteiger partial charge >= 0.3 is 12.1 Å². The molecule has 1 aliphatic heterocycles. The van der Waals surface area contributed by atoms with Crippen LogP contribution in [0.2, 0.25) is 0 Å². The summed E-state index contributed by atoms with van der Waals surface area (Å²) in [5.41, 5.74) is 6.10. The molecule has 0 saturated carbocycles. The minimum Gasteiger partial charge on any atom is -0.492 e. The van der Waals surface area contributed by atoms with E-state index in [0.717, 1.165) is 52.1 Å². The van der Waals surface area contributed by atoms with Crippen LogP contribution in [0.5, 0.6) is 5.75 Å². The van der Waals surface area contributed by atoms with Crippen LogP contribution < -0.4 is 4.74 Å². The highest BCUT2D eigenvalue weighted by Crippen LogP contribution is 2.39. The van der Waals surface area contributed by atoms with Gasteiger partial charge in [0.1, 0.15) is 19.0 Å². The van der Waals surface area contributed by atoms with Gasteiger partial charge in [0, 0.05) is 19.6 Å². The van der Waals surface area contributed by atoms with Crippen molar-refractivity contribution in [2.45, 2.75) is 38.2 Å². The van der Waals surface area contributed by atoms with Crippen LogP contribution in [0.4, 0.5) is 4.79 Å². The SMILES string of the molecule is CC/C(=C(/c1ccc(OCCN(C)C)cc1)c1ccc(C2(C(=O)O)CCN(C(=O)OCc3ccccc3)CC2)cc1)c1ccccc1. The molecule has 1 N–H and O–H groups in total. The number of amides is 1. The summed E-state index contributed by atoms with van der Waals surface area (Å²) in [4.78, 5) is 29.3. The quantitative estimate of drug-likeness (QED) is 0.161. The smallest absolute Gasteiger partial charge is 0.410 e. The zero-order valence-corrected chi connectivity index (χ0v) is 27.5. The molecule has 0 spiro atoms. The number of nitrogens with zero attached hydrogens (tertiary/aromatic N) is 2. The first kappa shape index (κ1) is 33.5. The van der Waals surface area contributed by atoms with E-state index in [1.165, 1.54) is 5.57 Å². The first-order valence-corrected chi connectivity index (χ1v) is 16.3. The first-order valence-electron chi connectivity index (χ1n) is 16.3. The number of rotatable bonds is 12. The first-order chi connectivity index (χ1) is 22.8. The van der Waals surface area contributed by atoms with Crippen LogP contribution in [-0.4, -0.2) is 67.3 Å². The molecule has 0 bridgehead atoms. The summed E-state index contributed by atoms with van der Waals surface area (Å²) in [5, 5.41) is 10.5. The van der Waals surface area contributed by atoms with Crippen molar-refractivity contribution < 1.29 is 24.2 Å². The number of ether oxygens (including phenoxy) is 2. The normalized spacial score (nSPS) is 14.8. The lowest BCUT2D eigenvalue weighted by molar-refractivity contribution is -0.145. The fourth-order valence-corrected chi connectivity index (χ4v) is 6.21. The van der Waals surface area contributed by atoms with E-state index in [4.69, 9.17) is 9.47 Å². The average Bonchev–Trinajstić information content (AvgIpc) is 3.10. The molecule has 244 valence electrons. The number of benzene rings is 4. The Balaban J connectivity index is 1.39. The van der Waals surface area contributed by atoms with E-state index >= 15 is 0 Å². The molecular weight excluding hydrogens is 588 g/mol. The van der Waals surface area contributed by atoms with Crippen LogP contribution >= 0.6 is 0 Å². The molecule has 47 heavy (non-hydrogen) atoms. The van der Waals surface area contributed by atoms with E-state index in [-0.39, 0.29) is 6.61 Å². The molecule has 0 aliphatic carbocycles. The van der Waals surface area contributed by atoms with E-state index < -0.39 is 17.5 Å². The second kappa shape index (κ2) is 15.6. The highest BCUT2D eigenvalue weighted by atomic mass is 16.6. The van der Waals surface area contributed by atoms with Gasteiger partial charge in [-0.15, -0.1) is 0 Å². The largest absolute Gasteiger partial charge is 0.492 e. The maximum atomic E-state index is 12.8. The second-order valence-corrected chi connectivity index (χ2v) is 12.2. The van der Waals surface area contributed by atoms with Crippen molar-refractivity contribution in [1.82, 2.24) is 9.80 Å². The lowest BCUT2D eigenvalue weighted by atomic mass is 9.72. The number of likely N-dealkylation sites (tertiary alicyclic amines) is 1. The predicted molar refractivity (Wildman–Crippen MR) is 186 cm³/mol. The molecule has 0 radical (unpaired) electrons. The van der Waals surface area contributed by atoms with Gasteiger partial charge in [-0.25, -0.2) is 4.79 Å². The molecule has 1 aliphatic rings. The Morgan fingerprint density at radius 1 is 0.787 bits per heavy atom. The van der Waals surface area contributed by atoms with Crippen molar-refractivity contribution in [1.29, 1.82) is 0 Å². The van der Waals surface area contributed by atoms with Gasteiger partial charge in [-0.1, -0.05) is 104 Å². The Labute approximate surface area is 278 Å². The molecule has 0 unspecified atom stereocenters. The van der Waals surface area contributed by atoms with Gasteiger partial charge in [0.2, 0.25) is 0 Å². The Morgan fingerprint density at radius 3 is 1.91 bits per heavy atom. The van der Waals surface area contributed by atoms with Crippen LogP contribution in [-0.2, 0) is 21.6 Å². The average molecular weight is 633 g/mol. The number of carboxylic acids is 1. The molecule has 0 atom stereocenters. The molecule has 5 rings (SSSR count). The number of hydrogen-bond acceptors (Lipinski definition) is 5. The number of piperidine rings is 1. The van der Waals surface area contributed by atoms with Crippen LogP contribution in [0.25, 0.3) is 11.1 Å². The third kappa shape index (κ3) is 8.10. The molecule has 1 heterocycles. The highest BCUT2D eigenvalue weighted by Gasteiger charge is 2.44. The molecule has 4 aromatic carbocycles. The fourth-order valence-electron chi connectivity index (χ4n) is 6.21. The second-order valence-electron chi connectivity index (χ2n) is 12.2. The number of carbonyl (C=O) groups excluding carboxylic acids is 1. The van der Waals surface area contributed by atoms with Crippen LogP contribution in [0.3, 0.4) is 0 Å². The van der Waals surface area contributed by atoms with Crippen molar-refractivity contribution in [2.24, 2.45) is 0 Å². The fraction of sp³-hybridized carbons (Fsp3) is 0.300. The number of carbonyl (C=O) groups is 2. The van der Waals surface area contributed by atoms with Crippen LogP contribution in [0.15, 0.2) is 109 Å². The van der Waals surface area contributed by atoms with Crippen molar-refractivity contribution in [2.75, 3.05) is 40.3 Å². The van der Waals surface area contributed by atoms with E-state index in [0.29, 0.717) is 32.5 Å². The highest BCUT2D eigenvalue weighted by molar-refractivity contribution is 5.98. The van der Waals surface area contributed by atoms with E-state index in [1.54, 1.807) is 4.90 Å². The third-order valence-electron chi connectivity index (χ3n) is 8.94. The minimum atomic E-state index is -1.09. The Bertz CT molecular complexity index is 1640. The summed E-state index contributed by atoms with van der Waals surface area (Å²) in [6, 6.07) is 36.1. The Hall–Kier alpha value is -4.88. The molecule has 4 aromatic rings. The van der Waals surface area contributed by atoms with Crippen molar-refractivity contribution >= 4 is 23.2 Å². The topological polar surface area (TPSA) is 79.3 Å².